The van der Waals surface area contributed by atoms with Crippen molar-refractivity contribution in [2.45, 2.75) is 19.9 Å². The van der Waals surface area contributed by atoms with Crippen molar-refractivity contribution >= 4 is 39.7 Å². The number of aryl methyl sites for hydroxylation is 1. The quantitative estimate of drug-likeness (QED) is 0.576. The lowest BCUT2D eigenvalue weighted by molar-refractivity contribution is -0.113. The molecule has 0 aromatic heterocycles. The van der Waals surface area contributed by atoms with E-state index in [1.165, 1.54) is 0 Å². The minimum Gasteiger partial charge on any atom is -0.351 e. The largest absolute Gasteiger partial charge is 0.351 e. The Kier molecular flexibility index (Phi) is 4.84. The molecule has 0 saturated heterocycles. The van der Waals surface area contributed by atoms with Gasteiger partial charge in [0.1, 0.15) is 0 Å². The molecule has 140 valence electrons. The number of carbonyl (C=O) groups excluding carboxylic acids is 1. The molecule has 1 atom stereocenters. The predicted octanol–water partition coefficient (Wildman–Crippen LogP) is 4.58. The average molecular weight is 388 g/mol. The number of para-hydroxylation sites is 1. The maximum atomic E-state index is 13.3. The molecule has 1 amide bonds. The molecule has 5 heteroatoms. The Morgan fingerprint density at radius 2 is 1.68 bits per heavy atom. The van der Waals surface area contributed by atoms with Crippen molar-refractivity contribution in [3.8, 4) is 0 Å². The first-order valence-electron chi connectivity index (χ1n) is 9.17. The molecule has 0 radical (unpaired) electrons. The van der Waals surface area contributed by atoms with E-state index in [-0.39, 0.29) is 11.9 Å². The third-order valence-electron chi connectivity index (χ3n) is 5.04. The van der Waals surface area contributed by atoms with Crippen LogP contribution in [0.3, 0.4) is 0 Å². The monoisotopic (exact) mass is 387 g/mol. The Balaban J connectivity index is 1.79. The van der Waals surface area contributed by atoms with E-state index in [0.29, 0.717) is 10.7 Å². The molecule has 0 spiro atoms. The fraction of sp³-hybridized carbons (Fsp3) is 0.130. The van der Waals surface area contributed by atoms with Gasteiger partial charge in [-0.3, -0.25) is 4.79 Å². The van der Waals surface area contributed by atoms with Crippen LogP contribution < -0.4 is 16.0 Å². The van der Waals surface area contributed by atoms with Crippen molar-refractivity contribution in [3.05, 3.63) is 89.1 Å². The molecule has 1 heterocycles. The molecule has 0 bridgehead atoms. The van der Waals surface area contributed by atoms with Crippen LogP contribution in [0.15, 0.2) is 78.0 Å². The molecule has 1 aliphatic heterocycles. The highest BCUT2D eigenvalue weighted by Crippen LogP contribution is 2.32. The van der Waals surface area contributed by atoms with Crippen molar-refractivity contribution < 1.29 is 4.79 Å². The highest BCUT2D eigenvalue weighted by Gasteiger charge is 2.31. The highest BCUT2D eigenvalue weighted by molar-refractivity contribution is 7.80. The topological polar surface area (TPSA) is 53.2 Å². The van der Waals surface area contributed by atoms with E-state index in [4.69, 9.17) is 12.2 Å². The van der Waals surface area contributed by atoms with Gasteiger partial charge in [-0.1, -0.05) is 60.7 Å². The Hall–Kier alpha value is -3.18. The molecule has 28 heavy (non-hydrogen) atoms. The number of hydrogen-bond acceptors (Lipinski definition) is 2. The van der Waals surface area contributed by atoms with Crippen LogP contribution in [-0.4, -0.2) is 11.0 Å². The van der Waals surface area contributed by atoms with Crippen molar-refractivity contribution in [2.75, 3.05) is 5.32 Å². The summed E-state index contributed by atoms with van der Waals surface area (Å²) in [4.78, 5) is 13.3. The second kappa shape index (κ2) is 7.44. The van der Waals surface area contributed by atoms with E-state index in [2.05, 4.69) is 34.1 Å². The summed E-state index contributed by atoms with van der Waals surface area (Å²) in [5.74, 6) is -0.146. The minimum atomic E-state index is -0.330. The molecule has 3 aromatic rings. The second-order valence-electron chi connectivity index (χ2n) is 6.91. The van der Waals surface area contributed by atoms with E-state index >= 15 is 0 Å². The maximum Gasteiger partial charge on any atom is 0.255 e. The van der Waals surface area contributed by atoms with Gasteiger partial charge in [0.25, 0.3) is 5.91 Å². The molecular formula is C23H21N3OS. The molecule has 1 aliphatic rings. The Morgan fingerprint density at radius 3 is 2.50 bits per heavy atom. The number of amides is 1. The number of fused-ring (bicyclic) bond motifs is 1. The van der Waals surface area contributed by atoms with Crippen molar-refractivity contribution in [1.29, 1.82) is 0 Å². The lowest BCUT2D eigenvalue weighted by atomic mass is 9.91. The third-order valence-corrected chi connectivity index (χ3v) is 5.26. The molecule has 0 aliphatic carbocycles. The Morgan fingerprint density at radius 1 is 0.964 bits per heavy atom. The molecular weight excluding hydrogens is 366 g/mol. The molecule has 1 unspecified atom stereocenters. The number of hydrogen-bond donors (Lipinski definition) is 3. The molecule has 4 rings (SSSR count). The lowest BCUT2D eigenvalue weighted by Gasteiger charge is -2.31. The molecule has 4 nitrogen and oxygen atoms in total. The molecule has 0 fully saturated rings. The van der Waals surface area contributed by atoms with Crippen LogP contribution in [0.5, 0.6) is 0 Å². The van der Waals surface area contributed by atoms with Crippen molar-refractivity contribution in [2.24, 2.45) is 0 Å². The number of nitrogens with one attached hydrogen (secondary N) is 3. The number of rotatable bonds is 3. The van der Waals surface area contributed by atoms with Crippen LogP contribution in [0, 0.1) is 6.92 Å². The molecule has 0 saturated carbocycles. The van der Waals surface area contributed by atoms with Gasteiger partial charge in [0.15, 0.2) is 5.11 Å². The number of thiocarbonyl (C=S) groups is 1. The number of anilines is 1. The van der Waals surface area contributed by atoms with Gasteiger partial charge in [-0.2, -0.15) is 0 Å². The summed E-state index contributed by atoms with van der Waals surface area (Å²) in [6.45, 7) is 3.86. The van der Waals surface area contributed by atoms with Crippen LogP contribution in [0.4, 0.5) is 5.69 Å². The normalized spacial score (nSPS) is 16.5. The van der Waals surface area contributed by atoms with Gasteiger partial charge in [0.05, 0.1) is 11.6 Å². The van der Waals surface area contributed by atoms with Gasteiger partial charge in [-0.15, -0.1) is 0 Å². The summed E-state index contributed by atoms with van der Waals surface area (Å²) in [5.41, 5.74) is 4.23. The van der Waals surface area contributed by atoms with Crippen LogP contribution in [-0.2, 0) is 4.79 Å². The van der Waals surface area contributed by atoms with Gasteiger partial charge in [-0.05, 0) is 54.0 Å². The second-order valence-corrected chi connectivity index (χ2v) is 7.32. The third kappa shape index (κ3) is 3.37. The fourth-order valence-electron chi connectivity index (χ4n) is 3.63. The summed E-state index contributed by atoms with van der Waals surface area (Å²) in [6, 6.07) is 21.7. The van der Waals surface area contributed by atoms with Crippen LogP contribution in [0.25, 0.3) is 10.8 Å². The highest BCUT2D eigenvalue weighted by atomic mass is 32.1. The van der Waals surface area contributed by atoms with E-state index in [9.17, 15) is 4.79 Å². The summed E-state index contributed by atoms with van der Waals surface area (Å²) in [6.07, 6.45) is 0. The summed E-state index contributed by atoms with van der Waals surface area (Å²) >= 11 is 5.38. The first kappa shape index (κ1) is 18.2. The molecule has 3 N–H and O–H groups in total. The standard InChI is InChI=1S/C23H21N3OS/c1-14-8-3-6-13-19(14)25-22(27)20-15(2)24-23(28)26-21(20)18-12-7-10-16-9-4-5-11-17(16)18/h3-13,21H,1-2H3,(H,25,27)(H2,24,26,28). The maximum absolute atomic E-state index is 13.3. The van der Waals surface area contributed by atoms with Gasteiger partial charge < -0.3 is 16.0 Å². The van der Waals surface area contributed by atoms with E-state index in [1.54, 1.807) is 0 Å². The zero-order valence-electron chi connectivity index (χ0n) is 15.7. The fourth-order valence-corrected chi connectivity index (χ4v) is 3.90. The van der Waals surface area contributed by atoms with Crippen LogP contribution in [0.1, 0.15) is 24.1 Å². The van der Waals surface area contributed by atoms with E-state index < -0.39 is 0 Å². The average Bonchev–Trinajstić information content (AvgIpc) is 2.68. The van der Waals surface area contributed by atoms with Gasteiger partial charge in [0, 0.05) is 11.4 Å². The lowest BCUT2D eigenvalue weighted by Crippen LogP contribution is -2.45. The van der Waals surface area contributed by atoms with Gasteiger partial charge >= 0.3 is 0 Å². The Bertz CT molecular complexity index is 1110. The van der Waals surface area contributed by atoms with Crippen LogP contribution in [0.2, 0.25) is 0 Å². The summed E-state index contributed by atoms with van der Waals surface area (Å²) in [7, 11) is 0. The Labute approximate surface area is 169 Å². The summed E-state index contributed by atoms with van der Waals surface area (Å²) in [5, 5.41) is 12.2. The predicted molar refractivity (Wildman–Crippen MR) is 118 cm³/mol. The van der Waals surface area contributed by atoms with E-state index in [0.717, 1.165) is 33.3 Å². The van der Waals surface area contributed by atoms with Gasteiger partial charge in [-0.25, -0.2) is 0 Å². The first-order valence-corrected chi connectivity index (χ1v) is 9.58. The van der Waals surface area contributed by atoms with Crippen LogP contribution >= 0.6 is 12.2 Å². The minimum absolute atomic E-state index is 0.146. The smallest absolute Gasteiger partial charge is 0.255 e. The number of carbonyl (C=O) groups is 1. The zero-order chi connectivity index (χ0) is 19.7. The first-order chi connectivity index (χ1) is 13.5. The van der Waals surface area contributed by atoms with Gasteiger partial charge in [0.2, 0.25) is 0 Å². The van der Waals surface area contributed by atoms with Crippen molar-refractivity contribution in [3.63, 3.8) is 0 Å². The zero-order valence-corrected chi connectivity index (χ0v) is 16.6. The SMILES string of the molecule is CC1=C(C(=O)Nc2ccccc2C)C(c2cccc3ccccc23)NC(=S)N1. The van der Waals surface area contributed by atoms with E-state index in [1.807, 2.05) is 62.4 Å². The van der Waals surface area contributed by atoms with Crippen molar-refractivity contribution in [1.82, 2.24) is 10.6 Å². The summed E-state index contributed by atoms with van der Waals surface area (Å²) < 4.78 is 0. The molecule has 3 aromatic carbocycles. The number of benzene rings is 3. The number of allylic oxidation sites excluding steroid dienone is 1.